The van der Waals surface area contributed by atoms with E-state index in [0.717, 1.165) is 18.6 Å². The number of rotatable bonds is 9. The zero-order valence-corrected chi connectivity index (χ0v) is 14.6. The number of benzene rings is 1. The van der Waals surface area contributed by atoms with Crippen LogP contribution < -0.4 is 10.1 Å². The van der Waals surface area contributed by atoms with Crippen LogP contribution in [0.5, 0.6) is 5.75 Å². The van der Waals surface area contributed by atoms with Gasteiger partial charge in [-0.05, 0) is 51.6 Å². The molecule has 0 aliphatic heterocycles. The fourth-order valence-corrected chi connectivity index (χ4v) is 2.55. The van der Waals surface area contributed by atoms with Crippen LogP contribution in [0.4, 0.5) is 0 Å². The molecule has 0 aliphatic carbocycles. The van der Waals surface area contributed by atoms with Crippen LogP contribution in [-0.4, -0.2) is 38.1 Å². The van der Waals surface area contributed by atoms with E-state index in [2.05, 4.69) is 36.2 Å². The van der Waals surface area contributed by atoms with Gasteiger partial charge in [-0.15, -0.1) is 0 Å². The average molecular weight is 306 g/mol. The Morgan fingerprint density at radius 1 is 1.14 bits per heavy atom. The van der Waals surface area contributed by atoms with E-state index in [-0.39, 0.29) is 17.9 Å². The number of nitrogens with one attached hydrogen (secondary N) is 1. The van der Waals surface area contributed by atoms with Crippen molar-refractivity contribution >= 4 is 5.91 Å². The van der Waals surface area contributed by atoms with Crippen LogP contribution in [0.15, 0.2) is 24.3 Å². The second-order valence-electron chi connectivity index (χ2n) is 5.74. The molecule has 1 aromatic rings. The Morgan fingerprint density at radius 2 is 1.73 bits per heavy atom. The maximum Gasteiger partial charge on any atom is 0.223 e. The van der Waals surface area contributed by atoms with Crippen molar-refractivity contribution < 1.29 is 9.53 Å². The third kappa shape index (κ3) is 5.34. The van der Waals surface area contributed by atoms with Gasteiger partial charge >= 0.3 is 0 Å². The van der Waals surface area contributed by atoms with Crippen molar-refractivity contribution in [1.82, 2.24) is 10.2 Å². The van der Waals surface area contributed by atoms with E-state index in [0.29, 0.717) is 13.2 Å². The molecule has 0 spiro atoms. The summed E-state index contributed by atoms with van der Waals surface area (Å²) in [4.78, 5) is 14.3. The first-order chi connectivity index (χ1) is 10.5. The zero-order chi connectivity index (χ0) is 16.5. The van der Waals surface area contributed by atoms with Gasteiger partial charge in [-0.2, -0.15) is 0 Å². The van der Waals surface area contributed by atoms with Crippen LogP contribution in [0.3, 0.4) is 0 Å². The molecule has 1 unspecified atom stereocenters. The molecule has 0 fully saturated rings. The minimum absolute atomic E-state index is 0.114. The Morgan fingerprint density at radius 3 is 2.18 bits per heavy atom. The molecule has 124 valence electrons. The second kappa shape index (κ2) is 9.46. The quantitative estimate of drug-likeness (QED) is 0.761. The molecule has 4 heteroatoms. The van der Waals surface area contributed by atoms with Gasteiger partial charge in [0.2, 0.25) is 5.91 Å². The van der Waals surface area contributed by atoms with Gasteiger partial charge in [0.05, 0.1) is 12.6 Å². The van der Waals surface area contributed by atoms with Crippen molar-refractivity contribution in [3.8, 4) is 5.75 Å². The number of likely N-dealkylation sites (N-methyl/N-ethyl adjacent to an activating group) is 1. The molecule has 1 rings (SSSR count). The van der Waals surface area contributed by atoms with Gasteiger partial charge < -0.3 is 15.0 Å². The molecule has 1 aromatic carbocycles. The van der Waals surface area contributed by atoms with E-state index >= 15 is 0 Å². The molecular formula is C18H30N2O2. The summed E-state index contributed by atoms with van der Waals surface area (Å²) in [6.45, 7) is 7.38. The number of amides is 1. The predicted molar refractivity (Wildman–Crippen MR) is 91.1 cm³/mol. The van der Waals surface area contributed by atoms with E-state index in [4.69, 9.17) is 4.74 Å². The van der Waals surface area contributed by atoms with E-state index in [9.17, 15) is 4.79 Å². The van der Waals surface area contributed by atoms with Crippen molar-refractivity contribution in [3.05, 3.63) is 29.8 Å². The fourth-order valence-electron chi connectivity index (χ4n) is 2.55. The summed E-state index contributed by atoms with van der Waals surface area (Å²) in [5.74, 6) is 1.15. The molecule has 1 amide bonds. The number of hydrogen-bond donors (Lipinski definition) is 1. The van der Waals surface area contributed by atoms with Gasteiger partial charge in [0.25, 0.3) is 0 Å². The topological polar surface area (TPSA) is 41.6 Å². The Hall–Kier alpha value is -1.55. The van der Waals surface area contributed by atoms with Crippen LogP contribution in [0.1, 0.15) is 45.2 Å². The Balaban J connectivity index is 2.71. The lowest BCUT2D eigenvalue weighted by Gasteiger charge is -2.26. The van der Waals surface area contributed by atoms with Gasteiger partial charge in [-0.1, -0.05) is 26.0 Å². The van der Waals surface area contributed by atoms with E-state index in [1.165, 1.54) is 5.56 Å². The molecule has 0 saturated heterocycles. The minimum atomic E-state index is 0.114. The number of carbonyl (C=O) groups excluding carboxylic acids is 1. The van der Waals surface area contributed by atoms with Crippen LogP contribution in [-0.2, 0) is 4.79 Å². The van der Waals surface area contributed by atoms with Crippen LogP contribution >= 0.6 is 0 Å². The molecule has 0 aliphatic rings. The first-order valence-electron chi connectivity index (χ1n) is 8.20. The zero-order valence-electron chi connectivity index (χ0n) is 14.6. The average Bonchev–Trinajstić information content (AvgIpc) is 2.50. The molecule has 4 nitrogen and oxygen atoms in total. The van der Waals surface area contributed by atoms with Crippen molar-refractivity contribution in [3.63, 3.8) is 0 Å². The number of carbonyl (C=O) groups is 1. The lowest BCUT2D eigenvalue weighted by Crippen LogP contribution is -2.37. The maximum atomic E-state index is 12.2. The first-order valence-corrected chi connectivity index (χ1v) is 8.20. The summed E-state index contributed by atoms with van der Waals surface area (Å²) in [7, 11) is 4.06. The third-order valence-electron chi connectivity index (χ3n) is 4.03. The predicted octanol–water partition coefficient (Wildman–Crippen LogP) is 3.24. The molecule has 0 radical (unpaired) electrons. The largest absolute Gasteiger partial charge is 0.494 e. The molecule has 0 aromatic heterocycles. The molecule has 0 bridgehead atoms. The summed E-state index contributed by atoms with van der Waals surface area (Å²) in [6, 6.07) is 8.27. The summed E-state index contributed by atoms with van der Waals surface area (Å²) in [5, 5.41) is 3.09. The van der Waals surface area contributed by atoms with Crippen LogP contribution in [0.2, 0.25) is 0 Å². The van der Waals surface area contributed by atoms with Gasteiger partial charge in [0, 0.05) is 12.5 Å². The number of hydrogen-bond acceptors (Lipinski definition) is 3. The van der Waals surface area contributed by atoms with Gasteiger partial charge in [-0.25, -0.2) is 0 Å². The molecule has 0 saturated carbocycles. The molecule has 22 heavy (non-hydrogen) atoms. The van der Waals surface area contributed by atoms with Crippen LogP contribution in [0, 0.1) is 5.92 Å². The summed E-state index contributed by atoms with van der Waals surface area (Å²) >= 11 is 0. The highest BCUT2D eigenvalue weighted by atomic mass is 16.5. The Bertz CT molecular complexity index is 439. The van der Waals surface area contributed by atoms with Gasteiger partial charge in [0.1, 0.15) is 5.75 Å². The lowest BCUT2D eigenvalue weighted by molar-refractivity contribution is -0.125. The second-order valence-corrected chi connectivity index (χ2v) is 5.74. The minimum Gasteiger partial charge on any atom is -0.494 e. The van der Waals surface area contributed by atoms with E-state index in [1.807, 2.05) is 33.2 Å². The summed E-state index contributed by atoms with van der Waals surface area (Å²) in [5.41, 5.74) is 1.18. The Kier molecular flexibility index (Phi) is 7.96. The summed E-state index contributed by atoms with van der Waals surface area (Å²) in [6.07, 6.45) is 1.77. The smallest absolute Gasteiger partial charge is 0.223 e. The highest BCUT2D eigenvalue weighted by Gasteiger charge is 2.18. The van der Waals surface area contributed by atoms with E-state index < -0.39 is 0 Å². The van der Waals surface area contributed by atoms with Gasteiger partial charge in [-0.3, -0.25) is 4.79 Å². The lowest BCUT2D eigenvalue weighted by atomic mass is 10.0. The number of nitrogens with zero attached hydrogens (tertiary/aromatic N) is 1. The van der Waals surface area contributed by atoms with Crippen molar-refractivity contribution in [1.29, 1.82) is 0 Å². The third-order valence-corrected chi connectivity index (χ3v) is 4.03. The fraction of sp³-hybridized carbons (Fsp3) is 0.611. The standard InChI is InChI=1S/C18H30N2O2/c1-6-14(7-2)18(21)19-13-17(20(4)5)15-9-11-16(12-10-15)22-8-3/h9-12,14,17H,6-8,13H2,1-5H3,(H,19,21). The van der Waals surface area contributed by atoms with Crippen molar-refractivity contribution in [2.45, 2.75) is 39.7 Å². The monoisotopic (exact) mass is 306 g/mol. The molecule has 0 heterocycles. The highest BCUT2D eigenvalue weighted by Crippen LogP contribution is 2.21. The maximum absolute atomic E-state index is 12.2. The highest BCUT2D eigenvalue weighted by molar-refractivity contribution is 5.78. The number of ether oxygens (including phenoxy) is 1. The van der Waals surface area contributed by atoms with Crippen LogP contribution in [0.25, 0.3) is 0 Å². The first kappa shape index (κ1) is 18.5. The Labute approximate surface area is 134 Å². The SMILES string of the molecule is CCOc1ccc(C(CNC(=O)C(CC)CC)N(C)C)cc1. The summed E-state index contributed by atoms with van der Waals surface area (Å²) < 4.78 is 5.48. The van der Waals surface area contributed by atoms with Crippen molar-refractivity contribution in [2.75, 3.05) is 27.2 Å². The molecule has 1 N–H and O–H groups in total. The van der Waals surface area contributed by atoms with Gasteiger partial charge in [0.15, 0.2) is 0 Å². The normalized spacial score (nSPS) is 12.5. The molecule has 1 atom stereocenters. The molecular weight excluding hydrogens is 276 g/mol. The van der Waals surface area contributed by atoms with E-state index in [1.54, 1.807) is 0 Å². The van der Waals surface area contributed by atoms with Crippen molar-refractivity contribution in [2.24, 2.45) is 5.92 Å².